The van der Waals surface area contributed by atoms with Gasteiger partial charge in [-0.05, 0) is 25.0 Å². The van der Waals surface area contributed by atoms with Crippen LogP contribution in [0, 0.1) is 11.7 Å². The van der Waals surface area contributed by atoms with Crippen LogP contribution in [0.1, 0.15) is 42.3 Å². The Morgan fingerprint density at radius 3 is 2.69 bits per heavy atom. The SMILES string of the molecule is COC(=O)C1=C(CN2CCN3C(=O)NCC3C2)NC(c2nccs2)=N[C@H]1c1ccc(F)cc1Cl.O=C(O)C1CCCC1. The third kappa shape index (κ3) is 6.58. The van der Waals surface area contributed by atoms with E-state index in [0.717, 1.165) is 25.7 Å². The van der Waals surface area contributed by atoms with Crippen molar-refractivity contribution in [2.45, 2.75) is 37.8 Å². The summed E-state index contributed by atoms with van der Waals surface area (Å²) in [6, 6.07) is 3.26. The first-order valence-electron chi connectivity index (χ1n) is 13.8. The summed E-state index contributed by atoms with van der Waals surface area (Å²) in [7, 11) is 1.31. The number of carboxylic acid groups (broad SMARTS) is 1. The lowest BCUT2D eigenvalue weighted by atomic mass is 9.95. The van der Waals surface area contributed by atoms with Gasteiger partial charge in [0.05, 0.1) is 24.6 Å². The van der Waals surface area contributed by atoms with Gasteiger partial charge in [-0.3, -0.25) is 14.7 Å². The number of carboxylic acids is 1. The number of esters is 1. The third-order valence-electron chi connectivity index (χ3n) is 7.83. The number of aromatic nitrogens is 1. The smallest absolute Gasteiger partial charge is 0.338 e. The maximum absolute atomic E-state index is 13.8. The predicted octanol–water partition coefficient (Wildman–Crippen LogP) is 3.42. The van der Waals surface area contributed by atoms with Crippen molar-refractivity contribution in [3.63, 3.8) is 0 Å². The number of urea groups is 1. The van der Waals surface area contributed by atoms with E-state index in [2.05, 4.69) is 20.5 Å². The molecule has 0 radical (unpaired) electrons. The molecule has 2 saturated heterocycles. The van der Waals surface area contributed by atoms with Crippen LogP contribution in [-0.2, 0) is 14.3 Å². The number of hydrogen-bond acceptors (Lipinski definition) is 9. The molecule has 4 heterocycles. The standard InChI is InChI=1S/C22H22ClFN6O3S.C6H10O2/c1-33-21(31)17-16(11-29-5-6-30-13(10-29)9-26-22(30)32)27-19(20-25-4-7-34-20)28-18(17)14-3-2-12(24)8-15(14)23;7-6(8)5-3-1-2-4-5/h2-4,7-8,13,18H,5-6,9-11H2,1H3,(H,26,32)(H,27,28);5H,1-4H2,(H,7,8)/t13?,18-;/m0./s1. The van der Waals surface area contributed by atoms with Crippen LogP contribution in [-0.4, -0.2) is 89.6 Å². The molecule has 1 aliphatic carbocycles. The zero-order valence-electron chi connectivity index (χ0n) is 23.0. The van der Waals surface area contributed by atoms with Crippen molar-refractivity contribution in [2.75, 3.05) is 39.8 Å². The molecule has 3 N–H and O–H groups in total. The molecular weight excluding hydrogens is 587 g/mol. The van der Waals surface area contributed by atoms with E-state index in [0.29, 0.717) is 60.4 Å². The van der Waals surface area contributed by atoms with Crippen LogP contribution >= 0.6 is 22.9 Å². The summed E-state index contributed by atoms with van der Waals surface area (Å²) >= 11 is 7.80. The number of halogens is 2. The molecule has 42 heavy (non-hydrogen) atoms. The van der Waals surface area contributed by atoms with Crippen LogP contribution in [0.25, 0.3) is 0 Å². The minimum absolute atomic E-state index is 0.0185. The summed E-state index contributed by atoms with van der Waals surface area (Å²) in [5.41, 5.74) is 1.41. The highest BCUT2D eigenvalue weighted by Crippen LogP contribution is 2.37. The number of fused-ring (bicyclic) bond motifs is 1. The molecule has 224 valence electrons. The first-order chi connectivity index (χ1) is 20.2. The number of nitrogens with zero attached hydrogens (tertiary/aromatic N) is 4. The zero-order valence-corrected chi connectivity index (χ0v) is 24.6. The molecule has 4 aliphatic rings. The van der Waals surface area contributed by atoms with Gasteiger partial charge in [-0.25, -0.2) is 19.0 Å². The van der Waals surface area contributed by atoms with Gasteiger partial charge in [0.15, 0.2) is 10.8 Å². The minimum Gasteiger partial charge on any atom is -0.481 e. The molecule has 0 spiro atoms. The Bertz CT molecular complexity index is 1400. The van der Waals surface area contributed by atoms with E-state index in [-0.39, 0.29) is 23.0 Å². The number of aliphatic carboxylic acids is 1. The molecule has 6 rings (SSSR count). The fourth-order valence-electron chi connectivity index (χ4n) is 5.68. The van der Waals surface area contributed by atoms with E-state index in [4.69, 9.17) is 26.4 Å². The number of aliphatic imine (C=N–C) groups is 1. The second-order valence-corrected chi connectivity index (χ2v) is 11.8. The van der Waals surface area contributed by atoms with Crippen molar-refractivity contribution in [3.8, 4) is 0 Å². The lowest BCUT2D eigenvalue weighted by Gasteiger charge is -2.38. The summed E-state index contributed by atoms with van der Waals surface area (Å²) in [4.78, 5) is 48.3. The Hall–Kier alpha value is -3.55. The first-order valence-corrected chi connectivity index (χ1v) is 15.0. The quantitative estimate of drug-likeness (QED) is 0.419. The van der Waals surface area contributed by atoms with Gasteiger partial charge in [0.2, 0.25) is 0 Å². The summed E-state index contributed by atoms with van der Waals surface area (Å²) in [5.74, 6) is -1.16. The number of thiazole rings is 1. The molecule has 0 bridgehead atoms. The van der Waals surface area contributed by atoms with Crippen molar-refractivity contribution in [3.05, 3.63) is 62.5 Å². The molecule has 2 atom stereocenters. The topological polar surface area (TPSA) is 136 Å². The lowest BCUT2D eigenvalue weighted by Crippen LogP contribution is -2.53. The van der Waals surface area contributed by atoms with Gasteiger partial charge in [0, 0.05) is 60.6 Å². The molecule has 11 nitrogen and oxygen atoms in total. The maximum atomic E-state index is 13.8. The number of piperazine rings is 1. The van der Waals surface area contributed by atoms with Crippen molar-refractivity contribution in [2.24, 2.45) is 10.9 Å². The number of nitrogens with one attached hydrogen (secondary N) is 2. The normalized spacial score (nSPS) is 22.5. The fourth-order valence-corrected chi connectivity index (χ4v) is 6.53. The number of methoxy groups -OCH3 is 1. The largest absolute Gasteiger partial charge is 0.481 e. The van der Waals surface area contributed by atoms with Gasteiger partial charge in [0.1, 0.15) is 11.9 Å². The molecule has 3 aliphatic heterocycles. The van der Waals surface area contributed by atoms with E-state index in [1.165, 1.54) is 36.6 Å². The van der Waals surface area contributed by atoms with Gasteiger partial charge in [-0.1, -0.05) is 30.5 Å². The van der Waals surface area contributed by atoms with E-state index in [1.807, 2.05) is 10.3 Å². The molecule has 3 fully saturated rings. The Morgan fingerprint density at radius 2 is 2.05 bits per heavy atom. The molecule has 1 saturated carbocycles. The average molecular weight is 619 g/mol. The van der Waals surface area contributed by atoms with Crippen LogP contribution in [0.4, 0.5) is 9.18 Å². The number of hydrogen-bond donors (Lipinski definition) is 3. The van der Waals surface area contributed by atoms with Gasteiger partial charge in [-0.15, -0.1) is 11.3 Å². The summed E-state index contributed by atoms with van der Waals surface area (Å²) in [6.45, 7) is 2.89. The summed E-state index contributed by atoms with van der Waals surface area (Å²) < 4.78 is 18.9. The highest BCUT2D eigenvalue weighted by molar-refractivity contribution is 7.11. The summed E-state index contributed by atoms with van der Waals surface area (Å²) in [5, 5.41) is 17.2. The molecule has 14 heteroatoms. The molecular formula is C28H32ClFN6O5S. The number of ether oxygens (including phenoxy) is 1. The average Bonchev–Trinajstić information content (AvgIpc) is 3.76. The van der Waals surface area contributed by atoms with E-state index < -0.39 is 23.8 Å². The molecule has 1 aromatic heterocycles. The number of amides is 2. The van der Waals surface area contributed by atoms with Crippen molar-refractivity contribution >= 4 is 46.7 Å². The highest BCUT2D eigenvalue weighted by atomic mass is 35.5. The minimum atomic E-state index is -0.799. The Balaban J connectivity index is 0.000000382. The fraction of sp³-hybridized carbons (Fsp3) is 0.464. The van der Waals surface area contributed by atoms with E-state index in [9.17, 15) is 18.8 Å². The summed E-state index contributed by atoms with van der Waals surface area (Å²) in [6.07, 6.45) is 5.69. The second-order valence-electron chi connectivity index (χ2n) is 10.5. The monoisotopic (exact) mass is 618 g/mol. The van der Waals surface area contributed by atoms with Crippen LogP contribution in [0.15, 0.2) is 46.0 Å². The number of carbonyl (C=O) groups is 3. The number of carbonyl (C=O) groups excluding carboxylic acids is 2. The highest BCUT2D eigenvalue weighted by Gasteiger charge is 2.38. The van der Waals surface area contributed by atoms with Crippen molar-refractivity contribution < 1.29 is 28.6 Å². The molecule has 2 amide bonds. The van der Waals surface area contributed by atoms with E-state index >= 15 is 0 Å². The van der Waals surface area contributed by atoms with Gasteiger partial charge < -0.3 is 25.4 Å². The second kappa shape index (κ2) is 13.2. The van der Waals surface area contributed by atoms with Crippen molar-refractivity contribution in [1.82, 2.24) is 25.4 Å². The lowest BCUT2D eigenvalue weighted by molar-refractivity contribution is -0.141. The van der Waals surface area contributed by atoms with Crippen molar-refractivity contribution in [1.29, 1.82) is 0 Å². The first kappa shape index (κ1) is 29.9. The van der Waals surface area contributed by atoms with Gasteiger partial charge in [0.25, 0.3) is 0 Å². The van der Waals surface area contributed by atoms with Crippen LogP contribution in [0.5, 0.6) is 0 Å². The Labute approximate surface area is 251 Å². The van der Waals surface area contributed by atoms with Crippen LogP contribution in [0.3, 0.4) is 0 Å². The van der Waals surface area contributed by atoms with E-state index in [1.54, 1.807) is 6.20 Å². The maximum Gasteiger partial charge on any atom is 0.338 e. The van der Waals surface area contributed by atoms with Gasteiger partial charge in [-0.2, -0.15) is 0 Å². The third-order valence-corrected chi connectivity index (χ3v) is 8.93. The van der Waals surface area contributed by atoms with Crippen LogP contribution < -0.4 is 10.6 Å². The predicted molar refractivity (Wildman–Crippen MR) is 155 cm³/mol. The zero-order chi connectivity index (χ0) is 29.8. The molecule has 1 aromatic carbocycles. The number of benzene rings is 1. The Morgan fingerprint density at radius 1 is 1.26 bits per heavy atom. The number of rotatable bonds is 6. The van der Waals surface area contributed by atoms with Gasteiger partial charge >= 0.3 is 18.0 Å². The molecule has 2 aromatic rings. The Kier molecular flexibility index (Phi) is 9.39. The molecule has 1 unspecified atom stereocenters. The number of amidine groups is 1. The van der Waals surface area contributed by atoms with Crippen LogP contribution in [0.2, 0.25) is 5.02 Å².